The summed E-state index contributed by atoms with van der Waals surface area (Å²) in [5.41, 5.74) is 0. The number of ether oxygens (including phenoxy) is 1. The lowest BCUT2D eigenvalue weighted by Gasteiger charge is -2.21. The number of hydrogen-bond acceptors (Lipinski definition) is 4. The predicted octanol–water partition coefficient (Wildman–Crippen LogP) is 1.74. The fraction of sp³-hybridized carbons (Fsp3) is 0.385. The normalized spacial score (nSPS) is 10.6. The fourth-order valence-corrected chi connectivity index (χ4v) is 1.73. The van der Waals surface area contributed by atoms with Crippen molar-refractivity contribution in [3.05, 3.63) is 36.9 Å². The topological polar surface area (TPSA) is 43.2 Å². The van der Waals surface area contributed by atoms with Crippen molar-refractivity contribution >= 4 is 5.82 Å². The quantitative estimate of drug-likeness (QED) is 0.778. The van der Waals surface area contributed by atoms with Gasteiger partial charge in [0.1, 0.15) is 5.82 Å². The van der Waals surface area contributed by atoms with Crippen LogP contribution in [-0.4, -0.2) is 41.3 Å². The highest BCUT2D eigenvalue weighted by Crippen LogP contribution is 2.10. The molecule has 0 atom stereocenters. The van der Waals surface area contributed by atoms with Gasteiger partial charge in [0.05, 0.1) is 19.0 Å². The van der Waals surface area contributed by atoms with Gasteiger partial charge in [-0.05, 0) is 19.1 Å². The van der Waals surface area contributed by atoms with E-state index in [9.17, 15) is 0 Å². The first-order chi connectivity index (χ1) is 8.85. The molecule has 96 valence electrons. The standard InChI is InChI=1S/C13H18N4O/c1-3-16(8-9-18-2)12-10-15-13(11-14-12)17-6-4-5-7-17/h4-7,10-11H,3,8-9H2,1-2H3. The van der Waals surface area contributed by atoms with Gasteiger partial charge >= 0.3 is 0 Å². The predicted molar refractivity (Wildman–Crippen MR) is 71.1 cm³/mol. The van der Waals surface area contributed by atoms with Gasteiger partial charge in [0.2, 0.25) is 0 Å². The molecule has 0 aromatic carbocycles. The summed E-state index contributed by atoms with van der Waals surface area (Å²) in [6, 6.07) is 3.93. The summed E-state index contributed by atoms with van der Waals surface area (Å²) in [6.07, 6.45) is 7.48. The minimum atomic E-state index is 0.689. The van der Waals surface area contributed by atoms with E-state index >= 15 is 0 Å². The summed E-state index contributed by atoms with van der Waals surface area (Å²) in [7, 11) is 1.70. The van der Waals surface area contributed by atoms with Crippen LogP contribution in [0, 0.1) is 0 Å². The molecule has 5 nitrogen and oxygen atoms in total. The van der Waals surface area contributed by atoms with Crippen LogP contribution in [0.2, 0.25) is 0 Å². The van der Waals surface area contributed by atoms with Crippen LogP contribution < -0.4 is 4.90 Å². The Hall–Kier alpha value is -1.88. The molecule has 0 aliphatic rings. The van der Waals surface area contributed by atoms with E-state index in [2.05, 4.69) is 21.8 Å². The van der Waals surface area contributed by atoms with Crippen molar-refractivity contribution in [3.8, 4) is 5.82 Å². The molecule has 2 aromatic heterocycles. The van der Waals surface area contributed by atoms with Crippen molar-refractivity contribution in [1.82, 2.24) is 14.5 Å². The molecule has 0 spiro atoms. The van der Waals surface area contributed by atoms with Crippen LogP contribution in [-0.2, 0) is 4.74 Å². The van der Waals surface area contributed by atoms with E-state index in [-0.39, 0.29) is 0 Å². The molecule has 0 aliphatic heterocycles. The van der Waals surface area contributed by atoms with E-state index < -0.39 is 0 Å². The zero-order valence-corrected chi connectivity index (χ0v) is 10.8. The fourth-order valence-electron chi connectivity index (χ4n) is 1.73. The van der Waals surface area contributed by atoms with Crippen molar-refractivity contribution in [3.63, 3.8) is 0 Å². The maximum absolute atomic E-state index is 5.08. The lowest BCUT2D eigenvalue weighted by Crippen LogP contribution is -2.27. The van der Waals surface area contributed by atoms with Crippen molar-refractivity contribution in [2.75, 3.05) is 31.7 Å². The SMILES string of the molecule is CCN(CCOC)c1cnc(-n2cccc2)cn1. The first-order valence-electron chi connectivity index (χ1n) is 6.04. The van der Waals surface area contributed by atoms with Gasteiger partial charge in [-0.25, -0.2) is 9.97 Å². The number of nitrogens with zero attached hydrogens (tertiary/aromatic N) is 4. The summed E-state index contributed by atoms with van der Waals surface area (Å²) >= 11 is 0. The first kappa shape index (κ1) is 12.6. The molecule has 5 heteroatoms. The third kappa shape index (κ3) is 2.87. The van der Waals surface area contributed by atoms with Crippen LogP contribution in [0.25, 0.3) is 5.82 Å². The van der Waals surface area contributed by atoms with Crippen molar-refractivity contribution in [1.29, 1.82) is 0 Å². The molecule has 0 amide bonds. The molecule has 0 radical (unpaired) electrons. The van der Waals surface area contributed by atoms with Crippen molar-refractivity contribution in [2.45, 2.75) is 6.92 Å². The Morgan fingerprint density at radius 1 is 1.22 bits per heavy atom. The molecule has 0 fully saturated rings. The molecule has 2 heterocycles. The summed E-state index contributed by atoms with van der Waals surface area (Å²) < 4.78 is 7.02. The van der Waals surface area contributed by atoms with Crippen LogP contribution in [0.4, 0.5) is 5.82 Å². The Balaban J connectivity index is 2.11. The second kappa shape index (κ2) is 6.16. The Morgan fingerprint density at radius 3 is 2.56 bits per heavy atom. The zero-order valence-electron chi connectivity index (χ0n) is 10.8. The van der Waals surface area contributed by atoms with E-state index in [1.807, 2.05) is 29.1 Å². The third-order valence-electron chi connectivity index (χ3n) is 2.76. The highest BCUT2D eigenvalue weighted by molar-refractivity contribution is 5.37. The lowest BCUT2D eigenvalue weighted by molar-refractivity contribution is 0.205. The monoisotopic (exact) mass is 246 g/mol. The van der Waals surface area contributed by atoms with E-state index in [0.29, 0.717) is 6.61 Å². The minimum absolute atomic E-state index is 0.689. The molecule has 0 bridgehead atoms. The van der Waals surface area contributed by atoms with Gasteiger partial charge in [-0.3, -0.25) is 0 Å². The molecule has 0 aliphatic carbocycles. The third-order valence-corrected chi connectivity index (χ3v) is 2.76. The Labute approximate surface area is 107 Å². The molecular formula is C13H18N4O. The number of hydrogen-bond donors (Lipinski definition) is 0. The second-order valence-electron chi connectivity index (χ2n) is 3.90. The molecule has 2 aromatic rings. The average Bonchev–Trinajstić information content (AvgIpc) is 2.94. The number of aromatic nitrogens is 3. The lowest BCUT2D eigenvalue weighted by atomic mass is 10.4. The van der Waals surface area contributed by atoms with Crippen molar-refractivity contribution in [2.24, 2.45) is 0 Å². The molecule has 2 rings (SSSR count). The van der Waals surface area contributed by atoms with E-state index in [4.69, 9.17) is 4.74 Å². The number of anilines is 1. The first-order valence-corrected chi connectivity index (χ1v) is 6.04. The van der Waals surface area contributed by atoms with Crippen LogP contribution in [0.1, 0.15) is 6.92 Å². The van der Waals surface area contributed by atoms with Crippen molar-refractivity contribution < 1.29 is 4.74 Å². The van der Waals surface area contributed by atoms with E-state index in [1.165, 1.54) is 0 Å². The van der Waals surface area contributed by atoms with Crippen LogP contribution in [0.3, 0.4) is 0 Å². The number of methoxy groups -OCH3 is 1. The molecule has 0 saturated carbocycles. The second-order valence-corrected chi connectivity index (χ2v) is 3.90. The maximum atomic E-state index is 5.08. The summed E-state index contributed by atoms with van der Waals surface area (Å²) in [5, 5.41) is 0. The van der Waals surface area contributed by atoms with Crippen LogP contribution in [0.15, 0.2) is 36.9 Å². The van der Waals surface area contributed by atoms with Gasteiger partial charge in [-0.15, -0.1) is 0 Å². The van der Waals surface area contributed by atoms with Gasteiger partial charge in [-0.1, -0.05) is 0 Å². The van der Waals surface area contributed by atoms with Gasteiger partial charge in [0.25, 0.3) is 0 Å². The summed E-state index contributed by atoms with van der Waals surface area (Å²) in [5.74, 6) is 1.71. The van der Waals surface area contributed by atoms with Gasteiger partial charge < -0.3 is 14.2 Å². The Kier molecular flexibility index (Phi) is 4.30. The minimum Gasteiger partial charge on any atom is -0.383 e. The van der Waals surface area contributed by atoms with E-state index in [1.54, 1.807) is 19.5 Å². The smallest absolute Gasteiger partial charge is 0.155 e. The average molecular weight is 246 g/mol. The molecule has 0 N–H and O–H groups in total. The van der Waals surface area contributed by atoms with Crippen LogP contribution >= 0.6 is 0 Å². The largest absolute Gasteiger partial charge is 0.383 e. The Bertz CT molecular complexity index is 452. The Morgan fingerprint density at radius 2 is 2.00 bits per heavy atom. The highest BCUT2D eigenvalue weighted by atomic mass is 16.5. The molecule has 18 heavy (non-hydrogen) atoms. The molecular weight excluding hydrogens is 228 g/mol. The van der Waals surface area contributed by atoms with Gasteiger partial charge in [0, 0.05) is 32.6 Å². The van der Waals surface area contributed by atoms with Crippen LogP contribution in [0.5, 0.6) is 0 Å². The van der Waals surface area contributed by atoms with Gasteiger partial charge in [0.15, 0.2) is 5.82 Å². The summed E-state index contributed by atoms with van der Waals surface area (Å²) in [6.45, 7) is 4.50. The number of rotatable bonds is 6. The summed E-state index contributed by atoms with van der Waals surface area (Å²) in [4.78, 5) is 11.0. The number of likely N-dealkylation sites (N-methyl/N-ethyl adjacent to an activating group) is 1. The maximum Gasteiger partial charge on any atom is 0.155 e. The molecule has 0 unspecified atom stereocenters. The highest BCUT2D eigenvalue weighted by Gasteiger charge is 2.06. The van der Waals surface area contributed by atoms with Gasteiger partial charge in [-0.2, -0.15) is 0 Å². The molecule has 0 saturated heterocycles. The van der Waals surface area contributed by atoms with E-state index in [0.717, 1.165) is 24.7 Å². The zero-order chi connectivity index (χ0) is 12.8.